The van der Waals surface area contributed by atoms with E-state index in [4.69, 9.17) is 4.98 Å². The molecule has 0 fully saturated rings. The third-order valence-corrected chi connectivity index (χ3v) is 7.20. The van der Waals surface area contributed by atoms with E-state index in [1.54, 1.807) is 29.1 Å². The second-order valence-electron chi connectivity index (χ2n) is 9.81. The lowest BCUT2D eigenvalue weighted by molar-refractivity contribution is 0.0694. The van der Waals surface area contributed by atoms with E-state index in [-0.39, 0.29) is 16.9 Å². The fraction of sp³-hybridized carbons (Fsp3) is 0.200. The van der Waals surface area contributed by atoms with Gasteiger partial charge in [-0.2, -0.15) is 0 Å². The molecule has 0 atom stereocenters. The average molecular weight is 569 g/mol. The fourth-order valence-electron chi connectivity index (χ4n) is 4.50. The van der Waals surface area contributed by atoms with Gasteiger partial charge in [-0.25, -0.2) is 19.6 Å². The molecule has 11 heteroatoms. The number of benzene rings is 1. The van der Waals surface area contributed by atoms with Crippen molar-refractivity contribution in [2.45, 2.75) is 27.3 Å². The van der Waals surface area contributed by atoms with Crippen molar-refractivity contribution in [2.24, 2.45) is 5.92 Å². The normalized spacial score (nSPS) is 11.1. The van der Waals surface area contributed by atoms with Crippen molar-refractivity contribution >= 4 is 40.1 Å². The molecule has 2 amide bonds. The van der Waals surface area contributed by atoms with Gasteiger partial charge < -0.3 is 15.0 Å². The summed E-state index contributed by atoms with van der Waals surface area (Å²) >= 11 is 1.43. The molecule has 0 aliphatic heterocycles. The predicted molar refractivity (Wildman–Crippen MR) is 160 cm³/mol. The zero-order chi connectivity index (χ0) is 29.1. The molecule has 0 spiro atoms. The van der Waals surface area contributed by atoms with E-state index in [1.165, 1.54) is 17.5 Å². The number of amides is 2. The van der Waals surface area contributed by atoms with Crippen LogP contribution in [0.25, 0.3) is 44.0 Å². The first-order valence-corrected chi connectivity index (χ1v) is 14.0. The number of hydrogen-bond acceptors (Lipinski definition) is 7. The zero-order valence-corrected chi connectivity index (χ0v) is 23.5. The van der Waals surface area contributed by atoms with E-state index < -0.39 is 17.4 Å². The second-order valence-corrected chi connectivity index (χ2v) is 10.7. The summed E-state index contributed by atoms with van der Waals surface area (Å²) in [6, 6.07) is 12.7. The minimum atomic E-state index is -1.29. The second kappa shape index (κ2) is 11.7. The molecule has 0 aliphatic carbocycles. The maximum atomic E-state index is 13.2. The van der Waals surface area contributed by atoms with Crippen molar-refractivity contribution in [1.82, 2.24) is 24.8 Å². The molecule has 5 aromatic rings. The fourth-order valence-corrected chi connectivity index (χ4v) is 5.36. The lowest BCUT2D eigenvalue weighted by atomic mass is 10.0. The summed E-state index contributed by atoms with van der Waals surface area (Å²) in [6.07, 6.45) is 4.54. The van der Waals surface area contributed by atoms with Gasteiger partial charge in [-0.15, -0.1) is 11.3 Å². The molecule has 10 nitrogen and oxygen atoms in total. The summed E-state index contributed by atoms with van der Waals surface area (Å²) in [4.78, 5) is 51.3. The molecule has 0 aliphatic rings. The van der Waals surface area contributed by atoms with E-state index in [2.05, 4.69) is 20.6 Å². The number of urea groups is 1. The van der Waals surface area contributed by atoms with Crippen LogP contribution in [0.4, 0.5) is 10.6 Å². The number of carbonyl (C=O) groups excluding carboxylic acids is 1. The Kier molecular flexibility index (Phi) is 7.88. The molecular weight excluding hydrogens is 540 g/mol. The number of carbonyl (C=O) groups is 2. The molecular formula is C30H28N6O4S. The molecule has 5 rings (SSSR count). The first-order chi connectivity index (χ1) is 19.7. The van der Waals surface area contributed by atoms with Crippen molar-refractivity contribution < 1.29 is 14.7 Å². The third kappa shape index (κ3) is 5.85. The maximum absolute atomic E-state index is 13.2. The van der Waals surface area contributed by atoms with E-state index in [9.17, 15) is 19.5 Å². The molecule has 4 heterocycles. The first-order valence-electron chi connectivity index (χ1n) is 13.1. The van der Waals surface area contributed by atoms with E-state index >= 15 is 0 Å². The van der Waals surface area contributed by atoms with Gasteiger partial charge >= 0.3 is 12.0 Å². The highest BCUT2D eigenvalue weighted by Crippen LogP contribution is 2.36. The topological polar surface area (TPSA) is 139 Å². The van der Waals surface area contributed by atoms with Crippen LogP contribution in [0.2, 0.25) is 0 Å². The summed E-state index contributed by atoms with van der Waals surface area (Å²) < 4.78 is 1.76. The molecule has 3 N–H and O–H groups in total. The van der Waals surface area contributed by atoms with E-state index in [0.717, 1.165) is 11.3 Å². The Morgan fingerprint density at radius 1 is 1.05 bits per heavy atom. The van der Waals surface area contributed by atoms with Gasteiger partial charge in [0.15, 0.2) is 0 Å². The van der Waals surface area contributed by atoms with Crippen molar-refractivity contribution in [3.8, 4) is 33.1 Å². The molecule has 41 heavy (non-hydrogen) atoms. The third-order valence-electron chi connectivity index (χ3n) is 6.32. The summed E-state index contributed by atoms with van der Waals surface area (Å²) in [5.74, 6) is -0.752. The Morgan fingerprint density at radius 3 is 2.54 bits per heavy atom. The van der Waals surface area contributed by atoms with Crippen molar-refractivity contribution in [3.63, 3.8) is 0 Å². The Labute approximate surface area is 239 Å². The zero-order valence-electron chi connectivity index (χ0n) is 22.7. The molecule has 0 unspecified atom stereocenters. The standard InChI is InChI=1S/C30H28N6O4S/c1-4-31-30(40)35-26-11-19(28-34-24(16-41-28)18-8-6-5-7-9-18)21(12-33-26)23-10-20-25(13-32-23)36(14-17(2)3)15-22(27(20)37)29(38)39/h5-13,15-17H,4,14H2,1-3H3,(H,38,39)(H2,31,33,35,40). The van der Waals surface area contributed by atoms with E-state index in [1.807, 2.05) is 56.5 Å². The van der Waals surface area contributed by atoms with Gasteiger partial charge in [0, 0.05) is 47.6 Å². The molecule has 0 saturated heterocycles. The van der Waals surface area contributed by atoms with Gasteiger partial charge in [-0.3, -0.25) is 15.1 Å². The number of anilines is 1. The van der Waals surface area contributed by atoms with Crippen LogP contribution in [0.15, 0.2) is 71.2 Å². The largest absolute Gasteiger partial charge is 0.477 e. The van der Waals surface area contributed by atoms with Crippen molar-refractivity contribution in [3.05, 3.63) is 82.2 Å². The lowest BCUT2D eigenvalue weighted by Gasteiger charge is -2.15. The molecule has 4 aromatic heterocycles. The maximum Gasteiger partial charge on any atom is 0.341 e. The highest BCUT2D eigenvalue weighted by molar-refractivity contribution is 7.13. The van der Waals surface area contributed by atoms with Crippen LogP contribution in [0.3, 0.4) is 0 Å². The van der Waals surface area contributed by atoms with Crippen LogP contribution in [0, 0.1) is 5.92 Å². The number of rotatable bonds is 8. The number of pyridine rings is 3. The molecule has 0 radical (unpaired) electrons. The first kappa shape index (κ1) is 27.7. The molecule has 0 bridgehead atoms. The van der Waals surface area contributed by atoms with Crippen LogP contribution in [0.5, 0.6) is 0 Å². The van der Waals surface area contributed by atoms with Gasteiger partial charge in [-0.1, -0.05) is 44.2 Å². The minimum absolute atomic E-state index is 0.214. The number of hydrogen-bond donors (Lipinski definition) is 3. The molecule has 0 saturated carbocycles. The number of thiazole rings is 1. The monoisotopic (exact) mass is 568 g/mol. The SMILES string of the molecule is CCNC(=O)Nc1cc(-c2nc(-c3ccccc3)cs2)c(-c2cc3c(=O)c(C(=O)O)cn(CC(C)C)c3cn2)cn1. The van der Waals surface area contributed by atoms with Gasteiger partial charge in [0.05, 0.1) is 28.5 Å². The summed E-state index contributed by atoms with van der Waals surface area (Å²) in [7, 11) is 0. The molecule has 1 aromatic carbocycles. The number of aromatic nitrogens is 4. The number of carboxylic acids is 1. The number of nitrogens with one attached hydrogen (secondary N) is 2. The van der Waals surface area contributed by atoms with Crippen LogP contribution < -0.4 is 16.1 Å². The van der Waals surface area contributed by atoms with Crippen LogP contribution in [0.1, 0.15) is 31.1 Å². The Bertz CT molecular complexity index is 1810. The van der Waals surface area contributed by atoms with E-state index in [0.29, 0.717) is 46.3 Å². The number of nitrogens with zero attached hydrogens (tertiary/aromatic N) is 4. The van der Waals surface area contributed by atoms with Crippen LogP contribution in [-0.2, 0) is 6.54 Å². The van der Waals surface area contributed by atoms with Gasteiger partial charge in [0.2, 0.25) is 5.43 Å². The number of carboxylic acid groups (broad SMARTS) is 1. The predicted octanol–water partition coefficient (Wildman–Crippen LogP) is 5.74. The number of fused-ring (bicyclic) bond motifs is 1. The van der Waals surface area contributed by atoms with Gasteiger partial charge in [-0.05, 0) is 25.0 Å². The van der Waals surface area contributed by atoms with Crippen LogP contribution in [-0.4, -0.2) is 43.2 Å². The summed E-state index contributed by atoms with van der Waals surface area (Å²) in [6.45, 7) is 6.82. The quantitative estimate of drug-likeness (QED) is 0.217. The van der Waals surface area contributed by atoms with Crippen molar-refractivity contribution in [2.75, 3.05) is 11.9 Å². The molecule has 208 valence electrons. The highest BCUT2D eigenvalue weighted by atomic mass is 32.1. The van der Waals surface area contributed by atoms with Crippen LogP contribution >= 0.6 is 11.3 Å². The summed E-state index contributed by atoms with van der Waals surface area (Å²) in [5, 5.41) is 18.0. The Hall–Kier alpha value is -4.90. The minimum Gasteiger partial charge on any atom is -0.477 e. The highest BCUT2D eigenvalue weighted by Gasteiger charge is 2.20. The van der Waals surface area contributed by atoms with Crippen molar-refractivity contribution in [1.29, 1.82) is 0 Å². The van der Waals surface area contributed by atoms with Gasteiger partial charge in [0.25, 0.3) is 0 Å². The Morgan fingerprint density at radius 2 is 1.83 bits per heavy atom. The lowest BCUT2D eigenvalue weighted by Crippen LogP contribution is -2.28. The van der Waals surface area contributed by atoms with Gasteiger partial charge in [0.1, 0.15) is 16.4 Å². The smallest absolute Gasteiger partial charge is 0.341 e. The summed E-state index contributed by atoms with van der Waals surface area (Å²) in [5.41, 5.74) is 3.07. The number of aromatic carboxylic acids is 1. The Balaban J connectivity index is 1.68. The average Bonchev–Trinajstić information content (AvgIpc) is 3.45.